The van der Waals surface area contributed by atoms with Gasteiger partial charge in [-0.05, 0) is 76.7 Å². The van der Waals surface area contributed by atoms with Crippen LogP contribution < -0.4 is 16.8 Å². The van der Waals surface area contributed by atoms with Gasteiger partial charge in [0.2, 0.25) is 18.8 Å². The smallest absolute Gasteiger partial charge is 0.455 e. The monoisotopic (exact) mass is 959 g/mol. The number of nitrogens with one attached hydrogen (secondary N) is 1. The van der Waals surface area contributed by atoms with Crippen molar-refractivity contribution in [2.75, 3.05) is 13.4 Å². The van der Waals surface area contributed by atoms with Crippen molar-refractivity contribution in [3.63, 3.8) is 0 Å². The van der Waals surface area contributed by atoms with Crippen LogP contribution in [0.3, 0.4) is 0 Å². The number of rotatable bonds is 14. The molecule has 0 aromatic heterocycles. The number of benzene rings is 1. The number of fused-ring (bicyclic) bond motifs is 5. The number of hydrogen-bond acceptors (Lipinski definition) is 20. The summed E-state index contributed by atoms with van der Waals surface area (Å²) in [5.41, 5.74) is 1.35. The van der Waals surface area contributed by atoms with E-state index < -0.39 is 156 Å². The third-order valence-electron chi connectivity index (χ3n) is 13.9. The minimum Gasteiger partial charge on any atom is -0.455 e. The second-order valence-corrected chi connectivity index (χ2v) is 19.9. The van der Waals surface area contributed by atoms with E-state index in [2.05, 4.69) is 5.32 Å². The number of amides is 2. The van der Waals surface area contributed by atoms with Gasteiger partial charge in [-0.15, -0.1) is 0 Å². The van der Waals surface area contributed by atoms with Crippen LogP contribution >= 0.6 is 0 Å². The normalized spacial score (nSPS) is 31.8. The number of ether oxygens (including phenoxy) is 8. The molecule has 3 saturated carbocycles. The Balaban J connectivity index is 1.43. The third kappa shape index (κ3) is 9.78. The quantitative estimate of drug-likeness (QED) is 0.0659. The van der Waals surface area contributed by atoms with Crippen molar-refractivity contribution < 1.29 is 91.6 Å². The maximum absolute atomic E-state index is 15.1. The number of alkyl carbamates (subject to hydrolysis) is 1. The molecule has 22 nitrogen and oxygen atoms in total. The summed E-state index contributed by atoms with van der Waals surface area (Å²) in [6.45, 7) is 10.2. The molecule has 0 unspecified atom stereocenters. The standard InChI is InChI=1S/C46H61N3O19/c1-21-26(64-39(57)33(31(23-14-15-23)49-40(58)68-42(3,4)5)65-41(59)63-20-62-29(52)16-25(47)37(48)55)18-46(60)36(66-38(56)24-12-10-9-11-13-24)34-44(8,35(54)32(53)30(21)43(46,6)7)27(51)17-28-45(34,19-61-28)67-22(2)50/h9-13,23,25-28,31-34,36,51,53,60H,14-20,47H2,1-8H3,(H2,48,55)(H,49,58)/t25-,26+,27+,28-,31+,32-,33-,34+,36+,44-,45+,46-/m1/s1. The van der Waals surface area contributed by atoms with Gasteiger partial charge in [-0.3, -0.25) is 19.2 Å². The minimum absolute atomic E-state index is 0.0218. The number of primary amides is 1. The van der Waals surface area contributed by atoms with Crippen LogP contribution in [0.1, 0.15) is 97.9 Å². The maximum atomic E-state index is 15.1. The number of carbonyl (C=O) groups is 8. The zero-order chi connectivity index (χ0) is 50.5. The average Bonchev–Trinajstić information content (AvgIpc) is 4.08. The Bertz CT molecular complexity index is 2220. The average molecular weight is 960 g/mol. The van der Waals surface area contributed by atoms with Crippen LogP contribution in [0.4, 0.5) is 9.59 Å². The lowest BCUT2D eigenvalue weighted by Crippen LogP contribution is -2.81. The molecule has 1 aliphatic heterocycles. The van der Waals surface area contributed by atoms with Gasteiger partial charge in [0.1, 0.15) is 35.6 Å². The van der Waals surface area contributed by atoms with Gasteiger partial charge in [-0.2, -0.15) is 0 Å². The Labute approximate surface area is 391 Å². The van der Waals surface area contributed by atoms with Gasteiger partial charge in [0, 0.05) is 25.2 Å². The first-order valence-corrected chi connectivity index (χ1v) is 22.2. The van der Waals surface area contributed by atoms with E-state index in [1.807, 2.05) is 0 Å². The molecule has 6 rings (SSSR count). The van der Waals surface area contributed by atoms with Crippen LogP contribution in [0.5, 0.6) is 0 Å². The van der Waals surface area contributed by atoms with Gasteiger partial charge < -0.3 is 70.0 Å². The van der Waals surface area contributed by atoms with Crippen LogP contribution in [0.25, 0.3) is 0 Å². The highest BCUT2D eigenvalue weighted by Crippen LogP contribution is 2.64. The largest absolute Gasteiger partial charge is 0.512 e. The molecule has 2 amide bonds. The Morgan fingerprint density at radius 3 is 2.19 bits per heavy atom. The highest BCUT2D eigenvalue weighted by Gasteiger charge is 2.78. The molecular formula is C46H61N3O19. The molecule has 1 aromatic carbocycles. The first kappa shape index (κ1) is 51.7. The molecule has 5 aliphatic rings. The minimum atomic E-state index is -2.48. The van der Waals surface area contributed by atoms with E-state index in [-0.39, 0.29) is 29.7 Å². The van der Waals surface area contributed by atoms with Crippen LogP contribution in [0.2, 0.25) is 0 Å². The zero-order valence-corrected chi connectivity index (χ0v) is 39.1. The van der Waals surface area contributed by atoms with Gasteiger partial charge in [0.05, 0.1) is 48.1 Å². The second-order valence-electron chi connectivity index (χ2n) is 19.9. The Hall–Kier alpha value is -5.68. The summed E-state index contributed by atoms with van der Waals surface area (Å²) in [5.74, 6) is -8.29. The summed E-state index contributed by atoms with van der Waals surface area (Å²) in [5, 5.41) is 40.4. The fourth-order valence-corrected chi connectivity index (χ4v) is 10.2. The van der Waals surface area contributed by atoms with E-state index in [1.165, 1.54) is 39.8 Å². The van der Waals surface area contributed by atoms with Gasteiger partial charge >= 0.3 is 36.1 Å². The van der Waals surface area contributed by atoms with Crippen molar-refractivity contribution in [3.8, 4) is 0 Å². The van der Waals surface area contributed by atoms with Crippen molar-refractivity contribution in [1.29, 1.82) is 0 Å². The first-order valence-electron chi connectivity index (χ1n) is 22.2. The van der Waals surface area contributed by atoms with Crippen LogP contribution in [0.15, 0.2) is 41.5 Å². The lowest BCUT2D eigenvalue weighted by molar-refractivity contribution is -0.346. The van der Waals surface area contributed by atoms with Crippen molar-refractivity contribution in [1.82, 2.24) is 5.32 Å². The summed E-state index contributed by atoms with van der Waals surface area (Å²) in [6, 6.07) is 4.93. The van der Waals surface area contributed by atoms with Gasteiger partial charge in [0.15, 0.2) is 11.4 Å². The summed E-state index contributed by atoms with van der Waals surface area (Å²) in [7, 11) is 0. The SMILES string of the molecule is CC(=O)O[C@@]12CO[C@@H]1C[C@H](O)[C@@]1(C)C(=O)[C@H](O)C3=C(C)[C@@H](OC(=O)[C@H](OC(=O)OCOC(=O)C[C@@H](N)C(N)=O)[C@@H](NC(=O)OC(C)(C)C)C4CC4)C[C@@](O)([C@@H](OC(=O)c4ccccc4)[C@H]21)C3(C)C. The molecule has 1 heterocycles. The predicted molar refractivity (Wildman–Crippen MR) is 229 cm³/mol. The number of Topliss-reactive ketones (excluding diaryl/α,β-unsaturated/α-hetero) is 1. The van der Waals surface area contributed by atoms with Crippen molar-refractivity contribution in [3.05, 3.63) is 47.0 Å². The maximum Gasteiger partial charge on any atom is 0.512 e. The number of hydrogen-bond donors (Lipinski definition) is 6. The molecular weight excluding hydrogens is 899 g/mol. The fraction of sp³-hybridized carbons (Fsp3) is 0.652. The Kier molecular flexibility index (Phi) is 14.5. The highest BCUT2D eigenvalue weighted by molar-refractivity contribution is 5.94. The lowest BCUT2D eigenvalue weighted by atomic mass is 9.44. The van der Waals surface area contributed by atoms with Gasteiger partial charge in [-0.1, -0.05) is 32.0 Å². The number of ketones is 1. The predicted octanol–water partition coefficient (Wildman–Crippen LogP) is 1.16. The van der Waals surface area contributed by atoms with E-state index in [1.54, 1.807) is 39.0 Å². The Morgan fingerprint density at radius 1 is 0.985 bits per heavy atom. The van der Waals surface area contributed by atoms with E-state index in [9.17, 15) is 48.9 Å². The van der Waals surface area contributed by atoms with Gasteiger partial charge in [-0.25, -0.2) is 19.2 Å². The fourth-order valence-electron chi connectivity index (χ4n) is 10.2. The van der Waals surface area contributed by atoms with Crippen molar-refractivity contribution >= 4 is 47.8 Å². The molecule has 0 spiro atoms. The molecule has 8 N–H and O–H groups in total. The van der Waals surface area contributed by atoms with Gasteiger partial charge in [0.25, 0.3) is 0 Å². The molecule has 4 fully saturated rings. The van der Waals surface area contributed by atoms with E-state index in [0.29, 0.717) is 12.8 Å². The molecule has 4 aliphatic carbocycles. The molecule has 68 heavy (non-hydrogen) atoms. The Morgan fingerprint density at radius 2 is 1.63 bits per heavy atom. The molecule has 2 bridgehead atoms. The molecule has 1 saturated heterocycles. The van der Waals surface area contributed by atoms with Crippen molar-refractivity contribution in [2.24, 2.45) is 34.1 Å². The molecule has 1 aromatic rings. The number of nitrogens with two attached hydrogens (primary N) is 2. The van der Waals surface area contributed by atoms with Crippen LogP contribution in [-0.2, 0) is 61.9 Å². The van der Waals surface area contributed by atoms with Crippen LogP contribution in [0, 0.1) is 22.7 Å². The molecule has 12 atom stereocenters. The van der Waals surface area contributed by atoms with Crippen molar-refractivity contribution in [2.45, 2.75) is 153 Å². The third-order valence-corrected chi connectivity index (χ3v) is 13.9. The number of aliphatic hydroxyl groups is 3. The lowest BCUT2D eigenvalue weighted by Gasteiger charge is -2.67. The summed E-state index contributed by atoms with van der Waals surface area (Å²) in [6.07, 6.45) is -13.6. The van der Waals surface area contributed by atoms with Crippen LogP contribution in [-0.4, -0.2) is 142 Å². The summed E-state index contributed by atoms with van der Waals surface area (Å²) < 4.78 is 44.9. The zero-order valence-electron chi connectivity index (χ0n) is 39.1. The summed E-state index contributed by atoms with van der Waals surface area (Å²) in [4.78, 5) is 107. The first-order chi connectivity index (χ1) is 31.6. The number of esters is 4. The summed E-state index contributed by atoms with van der Waals surface area (Å²) >= 11 is 0. The van der Waals surface area contributed by atoms with E-state index >= 15 is 4.79 Å². The highest BCUT2D eigenvalue weighted by atomic mass is 16.8. The number of aliphatic hydroxyl groups excluding tert-OH is 2. The second kappa shape index (κ2) is 19.0. The van der Waals surface area contributed by atoms with E-state index in [0.717, 1.165) is 6.92 Å². The number of carbonyl (C=O) groups excluding carboxylic acids is 8. The topological polar surface area (TPSA) is 335 Å². The molecule has 0 radical (unpaired) electrons. The molecule has 374 valence electrons. The van der Waals surface area contributed by atoms with E-state index in [4.69, 9.17) is 49.4 Å². The molecule has 22 heteroatoms.